The number of anilines is 2. The van der Waals surface area contributed by atoms with E-state index in [-0.39, 0.29) is 12.2 Å². The van der Waals surface area contributed by atoms with E-state index in [1.165, 1.54) is 24.3 Å². The van der Waals surface area contributed by atoms with Crippen LogP contribution in [0.2, 0.25) is 0 Å². The molecule has 0 spiro atoms. The maximum Gasteiger partial charge on any atom is 0.233 e. The van der Waals surface area contributed by atoms with Gasteiger partial charge in [0.15, 0.2) is 0 Å². The monoisotopic (exact) mass is 350 g/mol. The Hall–Kier alpha value is -2.21. The fraction of sp³-hybridized carbons (Fsp3) is 0.0667. The Morgan fingerprint density at radius 2 is 1.57 bits per heavy atom. The average molecular weight is 351 g/mol. The van der Waals surface area contributed by atoms with E-state index in [1.807, 2.05) is 6.07 Å². The molecule has 0 saturated carbocycles. The number of rotatable bonds is 4. The van der Waals surface area contributed by atoms with E-state index >= 15 is 0 Å². The van der Waals surface area contributed by atoms with Gasteiger partial charge in [-0.15, -0.1) is 0 Å². The van der Waals surface area contributed by atoms with Crippen LogP contribution in [0.4, 0.5) is 15.8 Å². The van der Waals surface area contributed by atoms with Crippen LogP contribution in [0.3, 0.4) is 0 Å². The lowest BCUT2D eigenvalue weighted by molar-refractivity contribution is -0.123. The van der Waals surface area contributed by atoms with Crippen molar-refractivity contribution in [2.24, 2.45) is 0 Å². The highest BCUT2D eigenvalue weighted by Crippen LogP contribution is 2.16. The molecule has 0 aromatic heterocycles. The van der Waals surface area contributed by atoms with Gasteiger partial charge in [0.2, 0.25) is 11.8 Å². The SMILES string of the molecule is O=C(CC(=O)Nc1cccc(Br)c1)Nc1ccc(F)cc1. The molecule has 0 aliphatic carbocycles. The van der Waals surface area contributed by atoms with Crippen molar-refractivity contribution in [3.05, 3.63) is 58.8 Å². The summed E-state index contributed by atoms with van der Waals surface area (Å²) < 4.78 is 13.6. The molecule has 6 heteroatoms. The molecule has 2 amide bonds. The minimum atomic E-state index is -0.464. The molecule has 0 bridgehead atoms. The largest absolute Gasteiger partial charge is 0.326 e. The van der Waals surface area contributed by atoms with Crippen molar-refractivity contribution >= 4 is 39.1 Å². The molecule has 2 rings (SSSR count). The van der Waals surface area contributed by atoms with E-state index in [0.717, 1.165) is 4.47 Å². The van der Waals surface area contributed by atoms with Crippen molar-refractivity contribution in [3.8, 4) is 0 Å². The van der Waals surface area contributed by atoms with E-state index in [2.05, 4.69) is 26.6 Å². The molecule has 0 atom stereocenters. The van der Waals surface area contributed by atoms with Crippen LogP contribution in [-0.4, -0.2) is 11.8 Å². The van der Waals surface area contributed by atoms with Crippen LogP contribution in [0.1, 0.15) is 6.42 Å². The van der Waals surface area contributed by atoms with Gasteiger partial charge in [-0.1, -0.05) is 22.0 Å². The Labute approximate surface area is 129 Å². The summed E-state index contributed by atoms with van der Waals surface area (Å²) in [4.78, 5) is 23.4. The Bertz CT molecular complexity index is 659. The van der Waals surface area contributed by atoms with Gasteiger partial charge in [0.1, 0.15) is 12.2 Å². The minimum absolute atomic E-state index is 0.316. The lowest BCUT2D eigenvalue weighted by Gasteiger charge is -2.07. The van der Waals surface area contributed by atoms with Crippen LogP contribution >= 0.6 is 15.9 Å². The number of amides is 2. The molecular weight excluding hydrogens is 339 g/mol. The summed E-state index contributed by atoms with van der Waals surface area (Å²) in [6.07, 6.45) is -0.316. The Morgan fingerprint density at radius 3 is 2.19 bits per heavy atom. The van der Waals surface area contributed by atoms with Crippen molar-refractivity contribution in [1.29, 1.82) is 0 Å². The van der Waals surface area contributed by atoms with Crippen LogP contribution < -0.4 is 10.6 Å². The minimum Gasteiger partial charge on any atom is -0.326 e. The van der Waals surface area contributed by atoms with Crippen molar-refractivity contribution in [2.45, 2.75) is 6.42 Å². The Kier molecular flexibility index (Phi) is 5.05. The molecule has 21 heavy (non-hydrogen) atoms. The second-order valence-electron chi connectivity index (χ2n) is 4.29. The quantitative estimate of drug-likeness (QED) is 0.828. The number of hydrogen-bond acceptors (Lipinski definition) is 2. The first-order valence-corrected chi connectivity index (χ1v) is 6.93. The summed E-state index contributed by atoms with van der Waals surface area (Å²) in [5.41, 5.74) is 1.04. The maximum absolute atomic E-state index is 12.7. The number of carbonyl (C=O) groups excluding carboxylic acids is 2. The predicted molar refractivity (Wildman–Crippen MR) is 82.4 cm³/mol. The molecule has 0 unspecified atom stereocenters. The zero-order valence-corrected chi connectivity index (χ0v) is 12.5. The van der Waals surface area contributed by atoms with E-state index in [4.69, 9.17) is 0 Å². The second-order valence-corrected chi connectivity index (χ2v) is 5.21. The number of halogens is 2. The van der Waals surface area contributed by atoms with Crippen LogP contribution in [0.5, 0.6) is 0 Å². The molecule has 2 aromatic rings. The van der Waals surface area contributed by atoms with Gasteiger partial charge >= 0.3 is 0 Å². The zero-order valence-electron chi connectivity index (χ0n) is 10.9. The van der Waals surface area contributed by atoms with Gasteiger partial charge in [0.25, 0.3) is 0 Å². The lowest BCUT2D eigenvalue weighted by Crippen LogP contribution is -2.21. The zero-order chi connectivity index (χ0) is 15.2. The summed E-state index contributed by atoms with van der Waals surface area (Å²) in [5, 5.41) is 5.14. The lowest BCUT2D eigenvalue weighted by atomic mass is 10.2. The molecular formula is C15H12BrFN2O2. The van der Waals surface area contributed by atoms with Crippen LogP contribution in [0.15, 0.2) is 53.0 Å². The van der Waals surface area contributed by atoms with Gasteiger partial charge in [-0.3, -0.25) is 9.59 Å². The van der Waals surface area contributed by atoms with Crippen molar-refractivity contribution in [2.75, 3.05) is 10.6 Å². The first-order valence-electron chi connectivity index (χ1n) is 6.14. The highest BCUT2D eigenvalue weighted by Gasteiger charge is 2.10. The van der Waals surface area contributed by atoms with Crippen molar-refractivity contribution < 1.29 is 14.0 Å². The Balaban J connectivity index is 1.87. The molecule has 0 radical (unpaired) electrons. The van der Waals surface area contributed by atoms with Crippen molar-refractivity contribution in [1.82, 2.24) is 0 Å². The van der Waals surface area contributed by atoms with Crippen molar-refractivity contribution in [3.63, 3.8) is 0 Å². The maximum atomic E-state index is 12.7. The molecule has 2 N–H and O–H groups in total. The fourth-order valence-electron chi connectivity index (χ4n) is 1.66. The van der Waals surface area contributed by atoms with Crippen LogP contribution in [-0.2, 0) is 9.59 Å². The molecule has 0 aliphatic heterocycles. The van der Waals surface area contributed by atoms with Gasteiger partial charge < -0.3 is 10.6 Å². The van der Waals surface area contributed by atoms with Gasteiger partial charge in [-0.2, -0.15) is 0 Å². The number of nitrogens with one attached hydrogen (secondary N) is 2. The third-order valence-electron chi connectivity index (χ3n) is 2.56. The van der Waals surface area contributed by atoms with Gasteiger partial charge in [0, 0.05) is 15.8 Å². The van der Waals surface area contributed by atoms with E-state index in [1.54, 1.807) is 18.2 Å². The van der Waals surface area contributed by atoms with Crippen LogP contribution in [0, 0.1) is 5.82 Å². The highest BCUT2D eigenvalue weighted by atomic mass is 79.9. The fourth-order valence-corrected chi connectivity index (χ4v) is 2.05. The molecule has 0 aliphatic rings. The normalized spacial score (nSPS) is 10.0. The van der Waals surface area contributed by atoms with Gasteiger partial charge in [-0.05, 0) is 42.5 Å². The number of benzene rings is 2. The first-order chi connectivity index (χ1) is 10.0. The van der Waals surface area contributed by atoms with E-state index < -0.39 is 11.8 Å². The molecule has 0 heterocycles. The van der Waals surface area contributed by atoms with Gasteiger partial charge in [-0.25, -0.2) is 4.39 Å². The van der Waals surface area contributed by atoms with Crippen LogP contribution in [0.25, 0.3) is 0 Å². The smallest absolute Gasteiger partial charge is 0.233 e. The molecule has 0 saturated heterocycles. The summed E-state index contributed by atoms with van der Waals surface area (Å²) in [6.45, 7) is 0. The summed E-state index contributed by atoms with van der Waals surface area (Å²) >= 11 is 3.29. The standard InChI is InChI=1S/C15H12BrFN2O2/c16-10-2-1-3-13(8-10)19-15(21)9-14(20)18-12-6-4-11(17)5-7-12/h1-8H,9H2,(H,18,20)(H,19,21). The second kappa shape index (κ2) is 6.99. The topological polar surface area (TPSA) is 58.2 Å². The Morgan fingerprint density at radius 1 is 0.952 bits per heavy atom. The summed E-state index contributed by atoms with van der Waals surface area (Å²) in [5.74, 6) is -1.28. The third-order valence-corrected chi connectivity index (χ3v) is 3.05. The number of hydrogen-bond donors (Lipinski definition) is 2. The van der Waals surface area contributed by atoms with Gasteiger partial charge in [0.05, 0.1) is 0 Å². The molecule has 2 aromatic carbocycles. The summed E-state index contributed by atoms with van der Waals surface area (Å²) in [7, 11) is 0. The highest BCUT2D eigenvalue weighted by molar-refractivity contribution is 9.10. The first kappa shape index (κ1) is 15.2. The number of carbonyl (C=O) groups is 2. The molecule has 0 fully saturated rings. The average Bonchev–Trinajstić information content (AvgIpc) is 2.41. The third kappa shape index (κ3) is 5.00. The molecule has 4 nitrogen and oxygen atoms in total. The van der Waals surface area contributed by atoms with E-state index in [9.17, 15) is 14.0 Å². The molecule has 108 valence electrons. The predicted octanol–water partition coefficient (Wildman–Crippen LogP) is 3.56. The van der Waals surface area contributed by atoms with E-state index in [0.29, 0.717) is 11.4 Å². The summed E-state index contributed by atoms with van der Waals surface area (Å²) in [6, 6.07) is 12.4.